The molecule has 1 N–H and O–H groups in total. The number of hydrogen-bond donors (Lipinski definition) is 1. The lowest BCUT2D eigenvalue weighted by Crippen LogP contribution is -2.53. The van der Waals surface area contributed by atoms with Crippen molar-refractivity contribution in [2.24, 2.45) is 0 Å². The predicted octanol–water partition coefficient (Wildman–Crippen LogP) is 2.62. The van der Waals surface area contributed by atoms with Crippen molar-refractivity contribution in [2.75, 3.05) is 29.9 Å². The summed E-state index contributed by atoms with van der Waals surface area (Å²) >= 11 is 0. The van der Waals surface area contributed by atoms with Gasteiger partial charge in [0.2, 0.25) is 0 Å². The first-order valence-corrected chi connectivity index (χ1v) is 8.31. The second kappa shape index (κ2) is 6.60. The van der Waals surface area contributed by atoms with E-state index in [1.807, 2.05) is 0 Å². The molecule has 0 aromatic carbocycles. The molecule has 1 aliphatic carbocycles. The third kappa shape index (κ3) is 2.84. The molecule has 1 saturated heterocycles. The van der Waals surface area contributed by atoms with E-state index in [1.54, 1.807) is 6.33 Å². The van der Waals surface area contributed by atoms with E-state index in [-0.39, 0.29) is 0 Å². The van der Waals surface area contributed by atoms with Gasteiger partial charge in [-0.15, -0.1) is 0 Å². The maximum absolute atomic E-state index is 5.98. The molecule has 3 rings (SSSR count). The molecular weight excluding hydrogens is 264 g/mol. The third-order valence-electron chi connectivity index (χ3n) is 4.62. The molecule has 116 valence electrons. The Morgan fingerprint density at radius 2 is 2.14 bits per heavy atom. The van der Waals surface area contributed by atoms with Crippen molar-refractivity contribution in [3.63, 3.8) is 0 Å². The Labute approximate surface area is 127 Å². The second-order valence-electron chi connectivity index (χ2n) is 5.86. The van der Waals surface area contributed by atoms with Crippen LogP contribution in [-0.2, 0) is 11.2 Å². The van der Waals surface area contributed by atoms with Gasteiger partial charge >= 0.3 is 0 Å². The quantitative estimate of drug-likeness (QED) is 0.924. The van der Waals surface area contributed by atoms with Crippen LogP contribution in [0.4, 0.5) is 11.6 Å². The zero-order valence-electron chi connectivity index (χ0n) is 13.1. The number of anilines is 2. The van der Waals surface area contributed by atoms with E-state index >= 15 is 0 Å². The summed E-state index contributed by atoms with van der Waals surface area (Å²) in [6, 6.07) is 0.488. The number of hydrogen-bond acceptors (Lipinski definition) is 5. The molecule has 0 bridgehead atoms. The van der Waals surface area contributed by atoms with E-state index in [2.05, 4.69) is 34.0 Å². The highest BCUT2D eigenvalue weighted by atomic mass is 16.5. The van der Waals surface area contributed by atoms with E-state index < -0.39 is 0 Å². The summed E-state index contributed by atoms with van der Waals surface area (Å²) in [5.74, 6) is 2.10. The Morgan fingerprint density at radius 1 is 1.29 bits per heavy atom. The van der Waals surface area contributed by atoms with Crippen LogP contribution in [0.3, 0.4) is 0 Å². The van der Waals surface area contributed by atoms with Gasteiger partial charge in [0.15, 0.2) is 0 Å². The number of nitrogens with zero attached hydrogens (tertiary/aromatic N) is 3. The summed E-state index contributed by atoms with van der Waals surface area (Å²) in [7, 11) is 0. The van der Waals surface area contributed by atoms with Crippen molar-refractivity contribution >= 4 is 11.6 Å². The standard InChI is InChI=1S/C16H26N4O/c1-3-12-15(17-4-2)18-11-19-16(12)20-9-10-21-14-8-6-5-7-13(14)20/h11,13-14H,3-10H2,1-2H3,(H,17,18,19). The molecule has 0 amide bonds. The minimum atomic E-state index is 0.384. The molecule has 2 aliphatic rings. The molecule has 2 unspecified atom stereocenters. The van der Waals surface area contributed by atoms with Crippen LogP contribution in [0.2, 0.25) is 0 Å². The average Bonchev–Trinajstić information content (AvgIpc) is 2.54. The summed E-state index contributed by atoms with van der Waals surface area (Å²) in [4.78, 5) is 11.5. The summed E-state index contributed by atoms with van der Waals surface area (Å²) < 4.78 is 5.98. The molecule has 1 aromatic rings. The van der Waals surface area contributed by atoms with Crippen molar-refractivity contribution in [2.45, 2.75) is 58.1 Å². The summed E-state index contributed by atoms with van der Waals surface area (Å²) in [6.07, 6.45) is 8.03. The minimum Gasteiger partial charge on any atom is -0.374 e. The lowest BCUT2D eigenvalue weighted by Gasteiger charge is -2.45. The molecule has 2 fully saturated rings. The number of aromatic nitrogens is 2. The predicted molar refractivity (Wildman–Crippen MR) is 84.9 cm³/mol. The molecule has 1 aromatic heterocycles. The van der Waals surface area contributed by atoms with Gasteiger partial charge in [-0.2, -0.15) is 0 Å². The molecule has 5 nitrogen and oxygen atoms in total. The molecule has 21 heavy (non-hydrogen) atoms. The SMILES string of the molecule is CCNc1ncnc(N2CCOC3CCCCC32)c1CC. The topological polar surface area (TPSA) is 50.3 Å². The van der Waals surface area contributed by atoms with Gasteiger partial charge < -0.3 is 15.0 Å². The first-order chi connectivity index (χ1) is 10.3. The van der Waals surface area contributed by atoms with Gasteiger partial charge in [-0.1, -0.05) is 19.8 Å². The van der Waals surface area contributed by atoms with Gasteiger partial charge in [0, 0.05) is 18.7 Å². The lowest BCUT2D eigenvalue weighted by atomic mass is 9.90. The Bertz CT molecular complexity index is 477. The van der Waals surface area contributed by atoms with E-state index in [0.717, 1.165) is 37.8 Å². The van der Waals surface area contributed by atoms with Gasteiger partial charge in [0.1, 0.15) is 18.0 Å². The van der Waals surface area contributed by atoms with Crippen molar-refractivity contribution in [1.82, 2.24) is 9.97 Å². The van der Waals surface area contributed by atoms with Crippen LogP contribution in [0.15, 0.2) is 6.33 Å². The minimum absolute atomic E-state index is 0.384. The normalized spacial score (nSPS) is 25.5. The van der Waals surface area contributed by atoms with Crippen molar-refractivity contribution < 1.29 is 4.74 Å². The summed E-state index contributed by atoms with van der Waals surface area (Å²) in [5.41, 5.74) is 1.24. The van der Waals surface area contributed by atoms with Gasteiger partial charge in [0.25, 0.3) is 0 Å². The maximum Gasteiger partial charge on any atom is 0.137 e. The molecule has 0 radical (unpaired) electrons. The van der Waals surface area contributed by atoms with E-state index in [4.69, 9.17) is 4.74 Å². The molecular formula is C16H26N4O. The molecule has 5 heteroatoms. The van der Waals surface area contributed by atoms with Crippen LogP contribution >= 0.6 is 0 Å². The lowest BCUT2D eigenvalue weighted by molar-refractivity contribution is -0.00905. The Morgan fingerprint density at radius 3 is 2.95 bits per heavy atom. The number of morpholine rings is 1. The first-order valence-electron chi connectivity index (χ1n) is 8.31. The fourth-order valence-corrected chi connectivity index (χ4v) is 3.66. The smallest absolute Gasteiger partial charge is 0.137 e. The van der Waals surface area contributed by atoms with Crippen LogP contribution in [0.5, 0.6) is 0 Å². The van der Waals surface area contributed by atoms with Crippen molar-refractivity contribution in [1.29, 1.82) is 0 Å². The van der Waals surface area contributed by atoms with Gasteiger partial charge in [-0.05, 0) is 26.2 Å². The average molecular weight is 290 g/mol. The van der Waals surface area contributed by atoms with Crippen LogP contribution in [0.25, 0.3) is 0 Å². The second-order valence-corrected chi connectivity index (χ2v) is 5.86. The fraction of sp³-hybridized carbons (Fsp3) is 0.750. The third-order valence-corrected chi connectivity index (χ3v) is 4.62. The number of nitrogens with one attached hydrogen (secondary N) is 1. The molecule has 1 saturated carbocycles. The zero-order valence-corrected chi connectivity index (χ0v) is 13.1. The number of ether oxygens (including phenoxy) is 1. The molecule has 1 aliphatic heterocycles. The van der Waals surface area contributed by atoms with Crippen LogP contribution < -0.4 is 10.2 Å². The van der Waals surface area contributed by atoms with Gasteiger partial charge in [-0.3, -0.25) is 0 Å². The fourth-order valence-electron chi connectivity index (χ4n) is 3.66. The van der Waals surface area contributed by atoms with Crippen LogP contribution in [0, 0.1) is 0 Å². The Hall–Kier alpha value is -1.36. The molecule has 2 atom stereocenters. The van der Waals surface area contributed by atoms with Crippen LogP contribution in [0.1, 0.15) is 45.1 Å². The monoisotopic (exact) mass is 290 g/mol. The summed E-state index contributed by atoms with van der Waals surface area (Å²) in [5, 5.41) is 3.37. The highest BCUT2D eigenvalue weighted by Gasteiger charge is 2.35. The summed E-state index contributed by atoms with van der Waals surface area (Å²) in [6.45, 7) is 6.93. The highest BCUT2D eigenvalue weighted by Crippen LogP contribution is 2.34. The zero-order chi connectivity index (χ0) is 14.7. The van der Waals surface area contributed by atoms with Gasteiger partial charge in [-0.25, -0.2) is 9.97 Å². The molecule has 2 heterocycles. The highest BCUT2D eigenvalue weighted by molar-refractivity contribution is 5.59. The number of fused-ring (bicyclic) bond motifs is 1. The first kappa shape index (κ1) is 14.6. The van der Waals surface area contributed by atoms with E-state index in [1.165, 1.54) is 31.2 Å². The molecule has 0 spiro atoms. The van der Waals surface area contributed by atoms with Gasteiger partial charge in [0.05, 0.1) is 18.8 Å². The Balaban J connectivity index is 1.92. The van der Waals surface area contributed by atoms with Crippen LogP contribution in [-0.4, -0.2) is 41.8 Å². The Kier molecular flexibility index (Phi) is 4.58. The van der Waals surface area contributed by atoms with Crippen molar-refractivity contribution in [3.8, 4) is 0 Å². The number of rotatable bonds is 4. The van der Waals surface area contributed by atoms with Crippen molar-refractivity contribution in [3.05, 3.63) is 11.9 Å². The van der Waals surface area contributed by atoms with E-state index in [0.29, 0.717) is 12.1 Å². The maximum atomic E-state index is 5.98. The van der Waals surface area contributed by atoms with E-state index in [9.17, 15) is 0 Å². The largest absolute Gasteiger partial charge is 0.374 e.